The van der Waals surface area contributed by atoms with Crippen LogP contribution in [0.2, 0.25) is 0 Å². The second kappa shape index (κ2) is 9.05. The minimum absolute atomic E-state index is 0.0127. The molecule has 150 valence electrons. The van der Waals surface area contributed by atoms with Crippen LogP contribution in [0.1, 0.15) is 18.3 Å². The first-order valence-corrected chi connectivity index (χ1v) is 10.2. The molecule has 0 saturated carbocycles. The topological polar surface area (TPSA) is 75.2 Å². The van der Waals surface area contributed by atoms with Gasteiger partial charge in [0.1, 0.15) is 10.9 Å². The van der Waals surface area contributed by atoms with Gasteiger partial charge in [0.2, 0.25) is 11.8 Å². The number of benzene rings is 2. The molecule has 1 N–H and O–H groups in total. The summed E-state index contributed by atoms with van der Waals surface area (Å²) in [7, 11) is 1.64. The number of fused-ring (bicyclic) bond motifs is 1. The van der Waals surface area contributed by atoms with Crippen molar-refractivity contribution >= 4 is 40.2 Å². The van der Waals surface area contributed by atoms with E-state index in [0.717, 1.165) is 21.5 Å². The van der Waals surface area contributed by atoms with Crippen LogP contribution in [-0.2, 0) is 9.59 Å². The minimum atomic E-state index is -0.384. The number of carbonyl (C=O) groups excluding carboxylic acids is 2. The molecule has 3 rings (SSSR count). The summed E-state index contributed by atoms with van der Waals surface area (Å²) in [6.07, 6.45) is 0. The number of amides is 2. The number of nitrogens with zero attached hydrogens (tertiary/aromatic N) is 3. The van der Waals surface area contributed by atoms with Gasteiger partial charge in [0, 0.05) is 18.1 Å². The molecule has 2 amide bonds. The SMILES string of the molecule is Cc1ccc(NC(=O)CN(C)C(=O)[C@H](C)Sc2nc(C)nc3ccccc23)cc1. The fourth-order valence-corrected chi connectivity index (χ4v) is 4.01. The molecule has 0 aliphatic rings. The van der Waals surface area contributed by atoms with Gasteiger partial charge < -0.3 is 10.2 Å². The van der Waals surface area contributed by atoms with Gasteiger partial charge in [0.15, 0.2) is 0 Å². The van der Waals surface area contributed by atoms with E-state index in [1.807, 2.05) is 69.3 Å². The van der Waals surface area contributed by atoms with Crippen LogP contribution in [0.3, 0.4) is 0 Å². The van der Waals surface area contributed by atoms with Gasteiger partial charge in [-0.15, -0.1) is 0 Å². The molecule has 3 aromatic rings. The normalized spacial score (nSPS) is 11.9. The summed E-state index contributed by atoms with van der Waals surface area (Å²) in [5, 5.41) is 4.12. The van der Waals surface area contributed by atoms with Gasteiger partial charge in [-0.05, 0) is 39.0 Å². The molecule has 2 aromatic carbocycles. The Morgan fingerprint density at radius 2 is 1.76 bits per heavy atom. The van der Waals surface area contributed by atoms with Gasteiger partial charge in [-0.2, -0.15) is 0 Å². The van der Waals surface area contributed by atoms with E-state index in [9.17, 15) is 9.59 Å². The van der Waals surface area contributed by atoms with E-state index < -0.39 is 0 Å². The molecule has 0 spiro atoms. The molecular weight excluding hydrogens is 384 g/mol. The lowest BCUT2D eigenvalue weighted by Crippen LogP contribution is -2.39. The summed E-state index contributed by atoms with van der Waals surface area (Å²) >= 11 is 1.38. The number of likely N-dealkylation sites (N-methyl/N-ethyl adjacent to an activating group) is 1. The lowest BCUT2D eigenvalue weighted by Gasteiger charge is -2.21. The van der Waals surface area contributed by atoms with Crippen molar-refractivity contribution in [3.8, 4) is 0 Å². The number of hydrogen-bond acceptors (Lipinski definition) is 5. The van der Waals surface area contributed by atoms with Gasteiger partial charge in [-0.25, -0.2) is 9.97 Å². The average Bonchev–Trinajstić information content (AvgIpc) is 2.68. The second-order valence-electron chi connectivity index (χ2n) is 6.96. The van der Waals surface area contributed by atoms with Crippen molar-refractivity contribution in [3.05, 3.63) is 59.9 Å². The van der Waals surface area contributed by atoms with E-state index in [-0.39, 0.29) is 23.6 Å². The van der Waals surface area contributed by atoms with Crippen molar-refractivity contribution in [3.63, 3.8) is 0 Å². The summed E-state index contributed by atoms with van der Waals surface area (Å²) in [5.41, 5.74) is 2.69. The highest BCUT2D eigenvalue weighted by molar-refractivity contribution is 8.00. The molecule has 0 bridgehead atoms. The predicted octanol–water partition coefficient (Wildman–Crippen LogP) is 3.82. The van der Waals surface area contributed by atoms with Crippen LogP contribution in [0.5, 0.6) is 0 Å². The Morgan fingerprint density at radius 3 is 2.48 bits per heavy atom. The zero-order valence-corrected chi connectivity index (χ0v) is 17.8. The van der Waals surface area contributed by atoms with Crippen LogP contribution < -0.4 is 5.32 Å². The van der Waals surface area contributed by atoms with Crippen molar-refractivity contribution in [2.24, 2.45) is 0 Å². The smallest absolute Gasteiger partial charge is 0.243 e. The fourth-order valence-electron chi connectivity index (χ4n) is 2.91. The first-order chi connectivity index (χ1) is 13.8. The van der Waals surface area contributed by atoms with E-state index in [0.29, 0.717) is 11.5 Å². The summed E-state index contributed by atoms with van der Waals surface area (Å²) in [6, 6.07) is 15.3. The van der Waals surface area contributed by atoms with Crippen LogP contribution in [-0.4, -0.2) is 45.5 Å². The quantitative estimate of drug-likeness (QED) is 0.496. The maximum Gasteiger partial charge on any atom is 0.243 e. The second-order valence-corrected chi connectivity index (χ2v) is 8.29. The standard InChI is InChI=1S/C22H24N4O2S/c1-14-9-11-17(12-10-14)25-20(27)13-26(4)22(28)15(2)29-21-18-7-5-6-8-19(18)23-16(3)24-21/h5-12,15H,13H2,1-4H3,(H,25,27)/t15-/m0/s1. The Labute approximate surface area is 174 Å². The number of aromatic nitrogens is 2. The van der Waals surface area contributed by atoms with E-state index in [1.165, 1.54) is 16.7 Å². The number of nitrogens with one attached hydrogen (secondary N) is 1. The number of rotatable bonds is 6. The average molecular weight is 409 g/mol. The third-order valence-electron chi connectivity index (χ3n) is 4.41. The molecule has 7 heteroatoms. The summed E-state index contributed by atoms with van der Waals surface area (Å²) in [4.78, 5) is 35.4. The van der Waals surface area contributed by atoms with Gasteiger partial charge in [-0.1, -0.05) is 47.7 Å². The minimum Gasteiger partial charge on any atom is -0.335 e. The number of carbonyl (C=O) groups is 2. The number of para-hydroxylation sites is 1. The lowest BCUT2D eigenvalue weighted by atomic mass is 10.2. The number of anilines is 1. The van der Waals surface area contributed by atoms with Crippen molar-refractivity contribution in [1.82, 2.24) is 14.9 Å². The highest BCUT2D eigenvalue weighted by Crippen LogP contribution is 2.29. The Bertz CT molecular complexity index is 1040. The Kier molecular flexibility index (Phi) is 6.49. The van der Waals surface area contributed by atoms with Crippen LogP contribution in [0, 0.1) is 13.8 Å². The zero-order valence-electron chi connectivity index (χ0n) is 17.0. The molecule has 1 aromatic heterocycles. The summed E-state index contributed by atoms with van der Waals surface area (Å²) in [5.74, 6) is 0.302. The van der Waals surface area contributed by atoms with Crippen LogP contribution in [0.15, 0.2) is 53.6 Å². The molecule has 1 atom stereocenters. The Hall–Kier alpha value is -2.93. The van der Waals surface area contributed by atoms with E-state index in [2.05, 4.69) is 15.3 Å². The Morgan fingerprint density at radius 1 is 1.07 bits per heavy atom. The molecule has 0 aliphatic carbocycles. The molecule has 0 aliphatic heterocycles. The van der Waals surface area contributed by atoms with E-state index in [4.69, 9.17) is 0 Å². The van der Waals surface area contributed by atoms with Crippen LogP contribution >= 0.6 is 11.8 Å². The molecule has 6 nitrogen and oxygen atoms in total. The number of thioether (sulfide) groups is 1. The highest BCUT2D eigenvalue weighted by Gasteiger charge is 2.22. The molecule has 0 fully saturated rings. The molecule has 0 unspecified atom stereocenters. The molecule has 0 saturated heterocycles. The number of aryl methyl sites for hydroxylation is 2. The predicted molar refractivity (Wildman–Crippen MR) is 117 cm³/mol. The van der Waals surface area contributed by atoms with Gasteiger partial charge in [0.25, 0.3) is 0 Å². The Balaban J connectivity index is 1.64. The van der Waals surface area contributed by atoms with Crippen molar-refractivity contribution in [1.29, 1.82) is 0 Å². The van der Waals surface area contributed by atoms with Gasteiger partial charge in [0.05, 0.1) is 17.3 Å². The zero-order chi connectivity index (χ0) is 21.0. The van der Waals surface area contributed by atoms with Crippen molar-refractivity contribution < 1.29 is 9.59 Å². The maximum absolute atomic E-state index is 12.8. The largest absolute Gasteiger partial charge is 0.335 e. The van der Waals surface area contributed by atoms with Crippen molar-refractivity contribution in [2.45, 2.75) is 31.0 Å². The molecular formula is C22H24N4O2S. The first-order valence-electron chi connectivity index (χ1n) is 9.35. The van der Waals surface area contributed by atoms with Crippen LogP contribution in [0.4, 0.5) is 5.69 Å². The molecule has 29 heavy (non-hydrogen) atoms. The van der Waals surface area contributed by atoms with E-state index >= 15 is 0 Å². The monoisotopic (exact) mass is 408 g/mol. The van der Waals surface area contributed by atoms with E-state index in [1.54, 1.807) is 7.05 Å². The maximum atomic E-state index is 12.8. The molecule has 1 heterocycles. The summed E-state index contributed by atoms with van der Waals surface area (Å²) < 4.78 is 0. The first kappa shape index (κ1) is 20.8. The highest BCUT2D eigenvalue weighted by atomic mass is 32.2. The fraction of sp³-hybridized carbons (Fsp3) is 0.273. The van der Waals surface area contributed by atoms with Crippen LogP contribution in [0.25, 0.3) is 10.9 Å². The third kappa shape index (κ3) is 5.32. The van der Waals surface area contributed by atoms with Crippen molar-refractivity contribution in [2.75, 3.05) is 18.9 Å². The molecule has 0 radical (unpaired) electrons. The van der Waals surface area contributed by atoms with Gasteiger partial charge in [-0.3, -0.25) is 9.59 Å². The lowest BCUT2D eigenvalue weighted by molar-refractivity contribution is -0.132. The number of hydrogen-bond donors (Lipinski definition) is 1. The summed E-state index contributed by atoms with van der Waals surface area (Å²) in [6.45, 7) is 5.64. The third-order valence-corrected chi connectivity index (χ3v) is 5.50. The van der Waals surface area contributed by atoms with Gasteiger partial charge >= 0.3 is 0 Å².